The number of nitrogens with zero attached hydrogens (tertiary/aromatic N) is 1. The van der Waals surface area contributed by atoms with Gasteiger partial charge in [-0.3, -0.25) is 4.79 Å². The van der Waals surface area contributed by atoms with E-state index >= 15 is 0 Å². The molecule has 3 aromatic rings. The Balaban J connectivity index is 1.67. The molecule has 0 aliphatic heterocycles. The molecule has 0 radical (unpaired) electrons. The van der Waals surface area contributed by atoms with Gasteiger partial charge in [0.1, 0.15) is 5.69 Å². The van der Waals surface area contributed by atoms with Crippen LogP contribution in [0.25, 0.3) is 0 Å². The van der Waals surface area contributed by atoms with Crippen molar-refractivity contribution in [1.29, 1.82) is 0 Å². The summed E-state index contributed by atoms with van der Waals surface area (Å²) in [6, 6.07) is 15.9. The van der Waals surface area contributed by atoms with Gasteiger partial charge in [-0.2, -0.15) is 13.2 Å². The van der Waals surface area contributed by atoms with Gasteiger partial charge in [0.25, 0.3) is 5.91 Å². The molecule has 144 valence electrons. The van der Waals surface area contributed by atoms with Gasteiger partial charge in [0.2, 0.25) is 0 Å². The summed E-state index contributed by atoms with van der Waals surface area (Å²) in [6.07, 6.45) is -3.14. The van der Waals surface area contributed by atoms with Gasteiger partial charge >= 0.3 is 6.18 Å². The van der Waals surface area contributed by atoms with Crippen molar-refractivity contribution in [2.24, 2.45) is 0 Å². The van der Waals surface area contributed by atoms with E-state index < -0.39 is 11.7 Å². The number of anilines is 2. The monoisotopic (exact) mass is 385 g/mol. The Bertz CT molecular complexity index is 969. The number of benzene rings is 2. The highest BCUT2D eigenvalue weighted by atomic mass is 19.4. The van der Waals surface area contributed by atoms with Gasteiger partial charge in [-0.25, -0.2) is 4.98 Å². The van der Waals surface area contributed by atoms with Crippen LogP contribution in [0, 0.1) is 6.92 Å². The minimum Gasteiger partial charge on any atom is -0.354 e. The molecular formula is C21H18F3N3O. The summed E-state index contributed by atoms with van der Waals surface area (Å²) in [5.74, 6) is -0.356. The number of aryl methyl sites for hydroxylation is 1. The number of alkyl halides is 3. The van der Waals surface area contributed by atoms with E-state index in [1.54, 1.807) is 0 Å². The van der Waals surface area contributed by atoms with Crippen LogP contribution in [0.5, 0.6) is 0 Å². The normalized spacial score (nSPS) is 11.1. The standard InChI is InChI=1S/C21H18F3N3O/c1-14-6-2-3-7-15(14)12-26-20(28)19-11-10-16(13-25-19)27-18-9-5-4-8-17(18)21(22,23)24/h2-11,13,27H,12H2,1H3,(H,26,28). The average molecular weight is 385 g/mol. The number of halogens is 3. The number of hydrogen-bond acceptors (Lipinski definition) is 3. The molecule has 0 saturated heterocycles. The minimum absolute atomic E-state index is 0.0754. The Morgan fingerprint density at radius 2 is 1.71 bits per heavy atom. The summed E-state index contributed by atoms with van der Waals surface area (Å²) in [6.45, 7) is 2.32. The number of aromatic nitrogens is 1. The summed E-state index contributed by atoms with van der Waals surface area (Å²) in [5.41, 5.74) is 1.76. The number of rotatable bonds is 5. The van der Waals surface area contributed by atoms with Crippen LogP contribution in [0.1, 0.15) is 27.2 Å². The smallest absolute Gasteiger partial charge is 0.354 e. The maximum absolute atomic E-state index is 13.1. The third-order valence-corrected chi connectivity index (χ3v) is 4.21. The first kappa shape index (κ1) is 19.4. The van der Waals surface area contributed by atoms with Crippen LogP contribution in [0.2, 0.25) is 0 Å². The average Bonchev–Trinajstić information content (AvgIpc) is 2.67. The first-order chi connectivity index (χ1) is 13.3. The molecule has 0 unspecified atom stereocenters. The molecule has 7 heteroatoms. The molecule has 1 amide bonds. The van der Waals surface area contributed by atoms with Crippen LogP contribution in [0.3, 0.4) is 0 Å². The molecule has 0 atom stereocenters. The zero-order chi connectivity index (χ0) is 20.1. The summed E-state index contributed by atoms with van der Waals surface area (Å²) in [5, 5.41) is 5.48. The second-order valence-corrected chi connectivity index (χ2v) is 6.21. The third kappa shape index (κ3) is 4.68. The zero-order valence-corrected chi connectivity index (χ0v) is 15.0. The third-order valence-electron chi connectivity index (χ3n) is 4.21. The summed E-state index contributed by atoms with van der Waals surface area (Å²) < 4.78 is 39.2. The van der Waals surface area contributed by atoms with Gasteiger partial charge in [-0.15, -0.1) is 0 Å². The fraction of sp³-hybridized carbons (Fsp3) is 0.143. The largest absolute Gasteiger partial charge is 0.418 e. The number of amides is 1. The fourth-order valence-electron chi connectivity index (χ4n) is 2.67. The molecule has 0 bridgehead atoms. The quantitative estimate of drug-likeness (QED) is 0.644. The fourth-order valence-corrected chi connectivity index (χ4v) is 2.67. The van der Waals surface area contributed by atoms with Gasteiger partial charge in [0, 0.05) is 6.54 Å². The highest BCUT2D eigenvalue weighted by Crippen LogP contribution is 2.35. The summed E-state index contributed by atoms with van der Waals surface area (Å²) in [4.78, 5) is 16.3. The lowest BCUT2D eigenvalue weighted by Crippen LogP contribution is -2.24. The van der Waals surface area contributed by atoms with Crippen LogP contribution in [-0.2, 0) is 12.7 Å². The maximum atomic E-state index is 13.1. The Labute approximate surface area is 160 Å². The van der Waals surface area contributed by atoms with E-state index in [9.17, 15) is 18.0 Å². The predicted molar refractivity (Wildman–Crippen MR) is 101 cm³/mol. The number of carbonyl (C=O) groups is 1. The van der Waals surface area contributed by atoms with E-state index in [2.05, 4.69) is 15.6 Å². The molecule has 1 aromatic heterocycles. The summed E-state index contributed by atoms with van der Waals surface area (Å²) in [7, 11) is 0. The number of carbonyl (C=O) groups excluding carboxylic acids is 1. The molecule has 2 aromatic carbocycles. The second-order valence-electron chi connectivity index (χ2n) is 6.21. The van der Waals surface area contributed by atoms with Crippen molar-refractivity contribution in [3.63, 3.8) is 0 Å². The molecule has 4 nitrogen and oxygen atoms in total. The van der Waals surface area contributed by atoms with Crippen molar-refractivity contribution in [3.8, 4) is 0 Å². The lowest BCUT2D eigenvalue weighted by atomic mass is 10.1. The van der Waals surface area contributed by atoms with Crippen molar-refractivity contribution in [2.75, 3.05) is 5.32 Å². The van der Waals surface area contributed by atoms with Crippen LogP contribution in [0.4, 0.5) is 24.5 Å². The van der Waals surface area contributed by atoms with Gasteiger partial charge in [0.15, 0.2) is 0 Å². The highest BCUT2D eigenvalue weighted by Gasteiger charge is 2.33. The SMILES string of the molecule is Cc1ccccc1CNC(=O)c1ccc(Nc2ccccc2C(F)(F)F)cn1. The molecule has 28 heavy (non-hydrogen) atoms. The first-order valence-electron chi connectivity index (χ1n) is 8.56. The second kappa shape index (κ2) is 8.12. The van der Waals surface area contributed by atoms with Crippen LogP contribution in [0.15, 0.2) is 66.9 Å². The van der Waals surface area contributed by atoms with E-state index in [1.807, 2.05) is 31.2 Å². The summed E-state index contributed by atoms with van der Waals surface area (Å²) >= 11 is 0. The molecular weight excluding hydrogens is 367 g/mol. The van der Waals surface area contributed by atoms with Gasteiger partial charge in [0.05, 0.1) is 23.1 Å². The molecule has 0 fully saturated rings. The Kier molecular flexibility index (Phi) is 5.63. The van der Waals surface area contributed by atoms with Crippen molar-refractivity contribution < 1.29 is 18.0 Å². The highest BCUT2D eigenvalue weighted by molar-refractivity contribution is 5.92. The van der Waals surface area contributed by atoms with Gasteiger partial charge < -0.3 is 10.6 Å². The van der Waals surface area contributed by atoms with E-state index in [-0.39, 0.29) is 17.3 Å². The van der Waals surface area contributed by atoms with E-state index in [0.29, 0.717) is 12.2 Å². The van der Waals surface area contributed by atoms with E-state index in [1.165, 1.54) is 36.5 Å². The molecule has 2 N–H and O–H groups in total. The Morgan fingerprint density at radius 3 is 2.39 bits per heavy atom. The zero-order valence-electron chi connectivity index (χ0n) is 15.0. The molecule has 0 aliphatic rings. The number of hydrogen-bond donors (Lipinski definition) is 2. The number of pyridine rings is 1. The van der Waals surface area contributed by atoms with Crippen molar-refractivity contribution in [2.45, 2.75) is 19.6 Å². The number of nitrogens with one attached hydrogen (secondary N) is 2. The molecule has 0 aliphatic carbocycles. The lowest BCUT2D eigenvalue weighted by Gasteiger charge is -2.14. The maximum Gasteiger partial charge on any atom is 0.418 e. The minimum atomic E-state index is -4.47. The van der Waals surface area contributed by atoms with Crippen LogP contribution in [-0.4, -0.2) is 10.9 Å². The lowest BCUT2D eigenvalue weighted by molar-refractivity contribution is -0.136. The molecule has 0 saturated carbocycles. The molecule has 3 rings (SSSR count). The molecule has 1 heterocycles. The Hall–Kier alpha value is -3.35. The van der Waals surface area contributed by atoms with E-state index in [0.717, 1.165) is 17.2 Å². The van der Waals surface area contributed by atoms with E-state index in [4.69, 9.17) is 0 Å². The Morgan fingerprint density at radius 1 is 1.00 bits per heavy atom. The van der Waals surface area contributed by atoms with Crippen LogP contribution >= 0.6 is 0 Å². The van der Waals surface area contributed by atoms with Crippen molar-refractivity contribution in [3.05, 3.63) is 89.2 Å². The van der Waals surface area contributed by atoms with Gasteiger partial charge in [-0.05, 0) is 42.3 Å². The first-order valence-corrected chi connectivity index (χ1v) is 8.56. The van der Waals surface area contributed by atoms with Crippen LogP contribution < -0.4 is 10.6 Å². The topological polar surface area (TPSA) is 54.0 Å². The van der Waals surface area contributed by atoms with Crippen molar-refractivity contribution in [1.82, 2.24) is 10.3 Å². The number of para-hydroxylation sites is 1. The van der Waals surface area contributed by atoms with Crippen molar-refractivity contribution >= 4 is 17.3 Å². The van der Waals surface area contributed by atoms with Gasteiger partial charge in [-0.1, -0.05) is 36.4 Å². The molecule has 0 spiro atoms. The predicted octanol–water partition coefficient (Wildman–Crippen LogP) is 5.08.